The quantitative estimate of drug-likeness (QED) is 0.133. The van der Waals surface area contributed by atoms with Crippen molar-refractivity contribution >= 4 is 28.8 Å². The van der Waals surface area contributed by atoms with Gasteiger partial charge in [0.25, 0.3) is 0 Å². The van der Waals surface area contributed by atoms with Crippen LogP contribution in [0, 0.1) is 0 Å². The summed E-state index contributed by atoms with van der Waals surface area (Å²) in [5, 5.41) is 5.79. The molecule has 0 radical (unpaired) electrons. The van der Waals surface area contributed by atoms with Gasteiger partial charge < -0.3 is 37.2 Å². The van der Waals surface area contributed by atoms with Gasteiger partial charge in [-0.1, -0.05) is 133 Å². The van der Waals surface area contributed by atoms with Crippen LogP contribution in [0.3, 0.4) is 0 Å². The van der Waals surface area contributed by atoms with E-state index in [0.717, 1.165) is 0 Å². The van der Waals surface area contributed by atoms with E-state index in [1.807, 2.05) is 0 Å². The molecule has 0 amide bonds. The minimum atomic E-state index is -2.34. The Kier molecular flexibility index (Phi) is 13.6. The summed E-state index contributed by atoms with van der Waals surface area (Å²) in [4.78, 5) is 0. The summed E-state index contributed by atoms with van der Waals surface area (Å²) in [6.07, 6.45) is 1.17. The molecule has 0 spiro atoms. The zero-order valence-corrected chi connectivity index (χ0v) is 23.1. The van der Waals surface area contributed by atoms with E-state index in [0.29, 0.717) is 5.92 Å². The standard InChI is InChI=1S/C27H27Si.3ClH.Ti/c1-3-22(2)23-19-20-27(21-23)28(24-13-7-4-8-14-24,25-15-9-5-10-16-25)26-17-11-6-12-18-26;;;;/h4-22H,3H2,1-2H3;3*1H;/q-1;;;;+4/p-3. The maximum Gasteiger partial charge on any atom is 4.00 e. The molecule has 4 rings (SSSR count). The van der Waals surface area contributed by atoms with Gasteiger partial charge in [0, 0.05) is 0 Å². The van der Waals surface area contributed by atoms with E-state index in [1.165, 1.54) is 32.7 Å². The Bertz CT molecular complexity index is 924. The molecule has 0 bridgehead atoms. The van der Waals surface area contributed by atoms with Gasteiger partial charge in [-0.2, -0.15) is 17.7 Å². The summed E-state index contributed by atoms with van der Waals surface area (Å²) in [5.41, 5.74) is 1.46. The predicted molar refractivity (Wildman–Crippen MR) is 124 cm³/mol. The van der Waals surface area contributed by atoms with E-state index in [4.69, 9.17) is 0 Å². The van der Waals surface area contributed by atoms with E-state index < -0.39 is 8.07 Å². The number of rotatable bonds is 6. The SMILES string of the molecule is CCC(C)c1cc[c-]([Si](c2ccccc2)(c2ccccc2)c2ccccc2)c1.[Cl-].[Cl-].[Cl-].[Ti+4]. The van der Waals surface area contributed by atoms with Crippen molar-refractivity contribution in [2.45, 2.75) is 26.2 Å². The van der Waals surface area contributed by atoms with Crippen LogP contribution in [-0.2, 0) is 21.7 Å². The molecule has 0 aliphatic heterocycles. The van der Waals surface area contributed by atoms with Gasteiger partial charge in [0.05, 0.1) is 0 Å². The molecule has 0 aliphatic rings. The van der Waals surface area contributed by atoms with Crippen LogP contribution in [0.2, 0.25) is 0 Å². The molecule has 0 N–H and O–H groups in total. The van der Waals surface area contributed by atoms with Crippen LogP contribution >= 0.6 is 0 Å². The topological polar surface area (TPSA) is 0 Å². The Hall–Kier alpha value is -1.19. The molecule has 0 nitrogen and oxygen atoms in total. The third-order valence-electron chi connectivity index (χ3n) is 6.01. The molecule has 1 atom stereocenters. The second-order valence-electron chi connectivity index (χ2n) is 7.59. The summed E-state index contributed by atoms with van der Waals surface area (Å²) in [7, 11) is -2.34. The van der Waals surface area contributed by atoms with Gasteiger partial charge in [-0.05, 0) is 0 Å². The Balaban J connectivity index is 0.00000240. The molecule has 0 saturated heterocycles. The van der Waals surface area contributed by atoms with E-state index in [9.17, 15) is 0 Å². The summed E-state index contributed by atoms with van der Waals surface area (Å²) in [6, 6.07) is 40.6. The Morgan fingerprint density at radius 2 is 1.03 bits per heavy atom. The molecule has 0 aromatic heterocycles. The third-order valence-corrected chi connectivity index (χ3v) is 10.8. The maximum atomic E-state index is 2.48. The average Bonchev–Trinajstić information content (AvgIpc) is 3.26. The van der Waals surface area contributed by atoms with E-state index in [-0.39, 0.29) is 58.9 Å². The Morgan fingerprint density at radius 1 is 0.656 bits per heavy atom. The van der Waals surface area contributed by atoms with Gasteiger partial charge in [-0.15, -0.1) is 5.19 Å². The molecular weight excluding hydrogens is 507 g/mol. The number of halogens is 3. The zero-order valence-electron chi connectivity index (χ0n) is 18.3. The van der Waals surface area contributed by atoms with Crippen molar-refractivity contribution in [3.8, 4) is 0 Å². The molecule has 4 aromatic carbocycles. The molecule has 0 heterocycles. The fourth-order valence-corrected chi connectivity index (χ4v) is 9.10. The first-order chi connectivity index (χ1) is 13.8. The molecule has 0 saturated carbocycles. The van der Waals surface area contributed by atoms with Crippen molar-refractivity contribution < 1.29 is 58.9 Å². The normalized spacial score (nSPS) is 11.1. The summed E-state index contributed by atoms with van der Waals surface area (Å²) in [6.45, 7) is 4.60. The maximum absolute atomic E-state index is 2.48. The Labute approximate surface area is 227 Å². The first-order valence-corrected chi connectivity index (χ1v) is 12.2. The predicted octanol–water partition coefficient (Wildman–Crippen LogP) is -4.69. The van der Waals surface area contributed by atoms with Crippen LogP contribution in [0.4, 0.5) is 0 Å². The van der Waals surface area contributed by atoms with Gasteiger partial charge in [0.2, 0.25) is 0 Å². The van der Waals surface area contributed by atoms with E-state index >= 15 is 0 Å². The molecule has 1 unspecified atom stereocenters. The minimum Gasteiger partial charge on any atom is -1.00 e. The monoisotopic (exact) mass is 532 g/mol. The zero-order chi connectivity index (χ0) is 19.4. The van der Waals surface area contributed by atoms with Crippen LogP contribution in [0.25, 0.3) is 0 Å². The molecule has 5 heteroatoms. The van der Waals surface area contributed by atoms with Gasteiger partial charge in [0.1, 0.15) is 8.07 Å². The number of hydrogen-bond donors (Lipinski definition) is 0. The molecule has 4 aromatic rings. The van der Waals surface area contributed by atoms with E-state index in [1.54, 1.807) is 0 Å². The van der Waals surface area contributed by atoms with Gasteiger partial charge >= 0.3 is 21.7 Å². The van der Waals surface area contributed by atoms with Crippen LogP contribution in [0.1, 0.15) is 31.7 Å². The molecule has 32 heavy (non-hydrogen) atoms. The first-order valence-electron chi connectivity index (χ1n) is 10.2. The van der Waals surface area contributed by atoms with Crippen molar-refractivity contribution in [2.24, 2.45) is 0 Å². The van der Waals surface area contributed by atoms with Gasteiger partial charge in [-0.25, -0.2) is 6.07 Å². The average molecular weight is 534 g/mol. The second-order valence-corrected chi connectivity index (χ2v) is 11.4. The summed E-state index contributed by atoms with van der Waals surface area (Å²) >= 11 is 0. The van der Waals surface area contributed by atoms with Crippen LogP contribution in [-0.4, -0.2) is 8.07 Å². The Morgan fingerprint density at radius 3 is 1.38 bits per heavy atom. The fraction of sp³-hybridized carbons (Fsp3) is 0.148. The third kappa shape index (κ3) is 5.83. The summed E-state index contributed by atoms with van der Waals surface area (Å²) < 4.78 is 0. The van der Waals surface area contributed by atoms with Crippen molar-refractivity contribution in [3.63, 3.8) is 0 Å². The second kappa shape index (κ2) is 14.2. The largest absolute Gasteiger partial charge is 4.00 e. The molecular formula is C27H27Cl3SiTi. The molecule has 164 valence electrons. The van der Waals surface area contributed by atoms with Crippen molar-refractivity contribution in [1.82, 2.24) is 0 Å². The summed E-state index contributed by atoms with van der Waals surface area (Å²) in [5.74, 6) is 0.586. The van der Waals surface area contributed by atoms with Gasteiger partial charge in [-0.3, -0.25) is 0 Å². The van der Waals surface area contributed by atoms with Crippen LogP contribution in [0.15, 0.2) is 109 Å². The van der Waals surface area contributed by atoms with E-state index in [2.05, 4.69) is 123 Å². The molecule has 0 aliphatic carbocycles. The van der Waals surface area contributed by atoms with Crippen LogP contribution in [0.5, 0.6) is 0 Å². The van der Waals surface area contributed by atoms with Crippen LogP contribution < -0.4 is 58.0 Å². The molecule has 0 fully saturated rings. The smallest absolute Gasteiger partial charge is 1.00 e. The minimum absolute atomic E-state index is 0. The van der Waals surface area contributed by atoms with Gasteiger partial charge in [0.15, 0.2) is 0 Å². The first kappa shape index (κ1) is 30.8. The number of hydrogen-bond acceptors (Lipinski definition) is 0. The fourth-order valence-electron chi connectivity index (χ4n) is 4.30. The van der Waals surface area contributed by atoms with Crippen molar-refractivity contribution in [1.29, 1.82) is 0 Å². The van der Waals surface area contributed by atoms with Crippen molar-refractivity contribution in [2.75, 3.05) is 0 Å². The van der Waals surface area contributed by atoms with Crippen molar-refractivity contribution in [3.05, 3.63) is 115 Å². The number of benzene rings is 3.